The van der Waals surface area contributed by atoms with E-state index in [4.69, 9.17) is 11.6 Å². The van der Waals surface area contributed by atoms with Gasteiger partial charge in [-0.2, -0.15) is 0 Å². The average molecular weight is 349 g/mol. The summed E-state index contributed by atoms with van der Waals surface area (Å²) in [6.45, 7) is 8.44. The molecule has 0 spiro atoms. The number of carbonyl (C=O) groups is 1. The van der Waals surface area contributed by atoms with Gasteiger partial charge in [-0.3, -0.25) is 0 Å². The largest absolute Gasteiger partial charge is 0.477 e. The molecule has 0 unspecified atom stereocenters. The van der Waals surface area contributed by atoms with Crippen molar-refractivity contribution in [3.05, 3.63) is 63.8 Å². The van der Waals surface area contributed by atoms with Crippen molar-refractivity contribution in [3.8, 4) is 0 Å². The highest BCUT2D eigenvalue weighted by molar-refractivity contribution is 7.18. The number of hydrogen-bond acceptors (Lipinski definition) is 4. The summed E-state index contributed by atoms with van der Waals surface area (Å²) in [5.41, 5.74) is 1.97. The first-order valence-electron chi connectivity index (χ1n) is 7.25. The molecule has 120 valence electrons. The Hall–Kier alpha value is -1.98. The van der Waals surface area contributed by atoms with E-state index in [1.807, 2.05) is 37.3 Å². The van der Waals surface area contributed by atoms with Crippen molar-refractivity contribution >= 4 is 33.9 Å². The number of aryl methyl sites for hydroxylation is 1. The van der Waals surface area contributed by atoms with Gasteiger partial charge in [0, 0.05) is 24.7 Å². The summed E-state index contributed by atoms with van der Waals surface area (Å²) in [6, 6.07) is 9.71. The molecule has 1 N–H and O–H groups in total. The zero-order chi connectivity index (χ0) is 16.6. The lowest BCUT2D eigenvalue weighted by Crippen LogP contribution is -2.21. The minimum Gasteiger partial charge on any atom is -0.477 e. The van der Waals surface area contributed by atoms with Gasteiger partial charge in [0.25, 0.3) is 0 Å². The van der Waals surface area contributed by atoms with Gasteiger partial charge in [-0.15, -0.1) is 11.3 Å². The van der Waals surface area contributed by atoms with Gasteiger partial charge in [0.1, 0.15) is 10.7 Å². The lowest BCUT2D eigenvalue weighted by molar-refractivity contribution is 0.0701. The SMILES string of the molecule is C=C1N(Cc2ccc(Cl)cc2)CCN1c1cc(C)c(C(=O)O)s1. The Morgan fingerprint density at radius 2 is 2.04 bits per heavy atom. The molecule has 1 fully saturated rings. The highest BCUT2D eigenvalue weighted by Crippen LogP contribution is 2.35. The van der Waals surface area contributed by atoms with Crippen LogP contribution in [0.5, 0.6) is 0 Å². The van der Waals surface area contributed by atoms with Crippen LogP contribution in [0.3, 0.4) is 0 Å². The van der Waals surface area contributed by atoms with Crippen LogP contribution < -0.4 is 4.90 Å². The lowest BCUT2D eigenvalue weighted by atomic mass is 10.2. The monoisotopic (exact) mass is 348 g/mol. The number of nitrogens with zero attached hydrogens (tertiary/aromatic N) is 2. The second kappa shape index (κ2) is 6.26. The number of benzene rings is 1. The topological polar surface area (TPSA) is 43.8 Å². The summed E-state index contributed by atoms with van der Waals surface area (Å²) in [4.78, 5) is 15.9. The predicted molar refractivity (Wildman–Crippen MR) is 94.4 cm³/mol. The molecule has 1 saturated heterocycles. The fourth-order valence-electron chi connectivity index (χ4n) is 2.68. The molecule has 6 heteroatoms. The molecule has 0 aliphatic carbocycles. The zero-order valence-corrected chi connectivity index (χ0v) is 14.3. The van der Waals surface area contributed by atoms with E-state index in [-0.39, 0.29) is 0 Å². The third-order valence-electron chi connectivity index (χ3n) is 3.92. The Labute approximate surface area is 144 Å². The number of aromatic carboxylic acids is 1. The molecule has 2 aromatic rings. The highest BCUT2D eigenvalue weighted by Gasteiger charge is 2.26. The molecule has 23 heavy (non-hydrogen) atoms. The second-order valence-corrected chi connectivity index (χ2v) is 6.98. The van der Waals surface area contributed by atoms with E-state index in [0.29, 0.717) is 4.88 Å². The summed E-state index contributed by atoms with van der Waals surface area (Å²) >= 11 is 7.22. The fraction of sp³-hybridized carbons (Fsp3) is 0.235. The number of thiophene rings is 1. The smallest absolute Gasteiger partial charge is 0.346 e. The zero-order valence-electron chi connectivity index (χ0n) is 12.8. The standard InChI is InChI=1S/C17H17ClN2O2S/c1-11-9-15(23-16(11)17(21)22)20-8-7-19(12(20)2)10-13-3-5-14(18)6-4-13/h3-6,9H,2,7-8,10H2,1H3,(H,21,22). The maximum absolute atomic E-state index is 11.2. The van der Waals surface area contributed by atoms with Gasteiger partial charge in [-0.25, -0.2) is 4.79 Å². The normalized spacial score (nSPS) is 14.6. The van der Waals surface area contributed by atoms with Crippen molar-refractivity contribution in [1.82, 2.24) is 4.90 Å². The lowest BCUT2D eigenvalue weighted by Gasteiger charge is -2.22. The van der Waals surface area contributed by atoms with Crippen LogP contribution in [0.1, 0.15) is 20.8 Å². The van der Waals surface area contributed by atoms with E-state index < -0.39 is 5.97 Å². The number of halogens is 1. The first-order valence-corrected chi connectivity index (χ1v) is 8.44. The van der Waals surface area contributed by atoms with E-state index >= 15 is 0 Å². The Morgan fingerprint density at radius 1 is 1.35 bits per heavy atom. The summed E-state index contributed by atoms with van der Waals surface area (Å²) in [6.07, 6.45) is 0. The number of rotatable bonds is 4. The van der Waals surface area contributed by atoms with Crippen molar-refractivity contribution in [2.75, 3.05) is 18.0 Å². The van der Waals surface area contributed by atoms with Crippen LogP contribution in [0.4, 0.5) is 5.00 Å². The Bertz CT molecular complexity index is 754. The Kier molecular flexibility index (Phi) is 4.33. The summed E-state index contributed by atoms with van der Waals surface area (Å²) in [5, 5.41) is 10.9. The Balaban J connectivity index is 1.75. The van der Waals surface area contributed by atoms with Crippen LogP contribution in [0.15, 0.2) is 42.7 Å². The molecule has 0 atom stereocenters. The molecule has 1 aliphatic rings. The van der Waals surface area contributed by atoms with Gasteiger partial charge < -0.3 is 14.9 Å². The van der Waals surface area contributed by atoms with Gasteiger partial charge >= 0.3 is 5.97 Å². The molecule has 4 nitrogen and oxygen atoms in total. The van der Waals surface area contributed by atoms with Crippen molar-refractivity contribution in [2.24, 2.45) is 0 Å². The molecule has 1 aliphatic heterocycles. The highest BCUT2D eigenvalue weighted by atomic mass is 35.5. The van der Waals surface area contributed by atoms with Crippen molar-refractivity contribution in [3.63, 3.8) is 0 Å². The number of carboxylic acids is 1. The molecular weight excluding hydrogens is 332 g/mol. The van der Waals surface area contributed by atoms with Crippen LogP contribution in [0, 0.1) is 6.92 Å². The first-order chi connectivity index (χ1) is 11.0. The van der Waals surface area contributed by atoms with Gasteiger partial charge in [-0.05, 0) is 36.2 Å². The second-order valence-electron chi connectivity index (χ2n) is 5.52. The van der Waals surface area contributed by atoms with E-state index in [9.17, 15) is 9.90 Å². The molecule has 3 rings (SSSR count). The molecular formula is C17H17ClN2O2S. The van der Waals surface area contributed by atoms with Gasteiger partial charge in [-0.1, -0.05) is 30.3 Å². The van der Waals surface area contributed by atoms with Crippen LogP contribution in [0.2, 0.25) is 5.02 Å². The quantitative estimate of drug-likeness (QED) is 0.899. The average Bonchev–Trinajstić information content (AvgIpc) is 3.05. The summed E-state index contributed by atoms with van der Waals surface area (Å²) < 4.78 is 0. The molecule has 0 bridgehead atoms. The van der Waals surface area contributed by atoms with E-state index in [1.165, 1.54) is 16.9 Å². The molecule has 2 heterocycles. The predicted octanol–water partition coefficient (Wildman–Crippen LogP) is 4.20. The fourth-order valence-corrected chi connectivity index (χ4v) is 3.86. The molecule has 0 amide bonds. The molecule has 0 radical (unpaired) electrons. The van der Waals surface area contributed by atoms with Gasteiger partial charge in [0.15, 0.2) is 0 Å². The van der Waals surface area contributed by atoms with Crippen molar-refractivity contribution < 1.29 is 9.90 Å². The number of anilines is 1. The molecule has 1 aromatic carbocycles. The van der Waals surface area contributed by atoms with Gasteiger partial charge in [0.05, 0.1) is 5.00 Å². The third kappa shape index (κ3) is 3.21. The van der Waals surface area contributed by atoms with E-state index in [0.717, 1.165) is 41.0 Å². The van der Waals surface area contributed by atoms with Crippen LogP contribution in [0.25, 0.3) is 0 Å². The maximum Gasteiger partial charge on any atom is 0.346 e. The van der Waals surface area contributed by atoms with Gasteiger partial charge in [0.2, 0.25) is 0 Å². The van der Waals surface area contributed by atoms with E-state index in [1.54, 1.807) is 0 Å². The summed E-state index contributed by atoms with van der Waals surface area (Å²) in [7, 11) is 0. The van der Waals surface area contributed by atoms with E-state index in [2.05, 4.69) is 16.4 Å². The van der Waals surface area contributed by atoms with Crippen LogP contribution >= 0.6 is 22.9 Å². The number of carboxylic acid groups (broad SMARTS) is 1. The minimum absolute atomic E-state index is 0.393. The minimum atomic E-state index is -0.874. The molecule has 0 saturated carbocycles. The van der Waals surface area contributed by atoms with Crippen molar-refractivity contribution in [1.29, 1.82) is 0 Å². The van der Waals surface area contributed by atoms with Crippen LogP contribution in [-0.4, -0.2) is 29.1 Å². The van der Waals surface area contributed by atoms with Crippen LogP contribution in [-0.2, 0) is 6.54 Å². The Morgan fingerprint density at radius 3 is 2.65 bits per heavy atom. The first kappa shape index (κ1) is 15.9. The molecule has 1 aromatic heterocycles. The third-order valence-corrected chi connectivity index (χ3v) is 5.42. The summed E-state index contributed by atoms with van der Waals surface area (Å²) in [5.74, 6) is 0.0275. The van der Waals surface area contributed by atoms with Crippen molar-refractivity contribution in [2.45, 2.75) is 13.5 Å². The maximum atomic E-state index is 11.2. The number of hydrogen-bond donors (Lipinski definition) is 1.